The molecule has 1 aliphatic rings. The van der Waals surface area contributed by atoms with E-state index in [1.807, 2.05) is 36.4 Å². The Kier molecular flexibility index (Phi) is 6.73. The molecule has 0 aliphatic carbocycles. The van der Waals surface area contributed by atoms with Gasteiger partial charge in [0.05, 0.1) is 11.7 Å². The number of carbonyl (C=O) groups excluding carboxylic acids is 2. The van der Waals surface area contributed by atoms with E-state index in [2.05, 4.69) is 10.6 Å². The Morgan fingerprint density at radius 2 is 1.93 bits per heavy atom. The smallest absolute Gasteiger partial charge is 0.316 e. The predicted molar refractivity (Wildman–Crippen MR) is 107 cm³/mol. The van der Waals surface area contributed by atoms with Gasteiger partial charge in [-0.05, 0) is 42.7 Å². The fourth-order valence-electron chi connectivity index (χ4n) is 2.86. The lowest BCUT2D eigenvalue weighted by molar-refractivity contribution is 0.0947. The van der Waals surface area contributed by atoms with Crippen LogP contribution in [0.1, 0.15) is 28.8 Å². The monoisotopic (exact) mass is 385 g/mol. The second-order valence-corrected chi connectivity index (χ2v) is 7.37. The number of urea groups is 1. The van der Waals surface area contributed by atoms with Gasteiger partial charge in [-0.15, -0.1) is 11.8 Å². The third kappa shape index (κ3) is 5.74. The first-order valence-electron chi connectivity index (χ1n) is 8.89. The average Bonchev–Trinajstić information content (AvgIpc) is 3.19. The van der Waals surface area contributed by atoms with Crippen molar-refractivity contribution in [3.8, 4) is 0 Å². The molecule has 0 saturated carbocycles. The second-order valence-electron chi connectivity index (χ2n) is 6.31. The molecule has 0 unspecified atom stereocenters. The standard InChI is InChI=1S/C20H23N3O3S/c21-20(25)23-15-9-7-14(8-10-15)12-22-19(24)17-5-1-2-6-18(17)27-13-16-4-3-11-26-16/h1-2,5-10,16H,3-4,11-13H2,(H,22,24)(H3,21,23,25)/t16-/m0/s1. The molecule has 6 nitrogen and oxygen atoms in total. The van der Waals surface area contributed by atoms with Gasteiger partial charge in [-0.25, -0.2) is 4.79 Å². The Morgan fingerprint density at radius 1 is 1.15 bits per heavy atom. The topological polar surface area (TPSA) is 93.5 Å². The van der Waals surface area contributed by atoms with Crippen LogP contribution in [-0.4, -0.2) is 30.4 Å². The number of thioether (sulfide) groups is 1. The lowest BCUT2D eigenvalue weighted by Gasteiger charge is -2.12. The SMILES string of the molecule is NC(=O)Nc1ccc(CNC(=O)c2ccccc2SC[C@@H]2CCCO2)cc1. The molecule has 1 saturated heterocycles. The van der Waals surface area contributed by atoms with Crippen molar-refractivity contribution in [1.82, 2.24) is 5.32 Å². The van der Waals surface area contributed by atoms with E-state index in [4.69, 9.17) is 10.5 Å². The number of nitrogens with two attached hydrogens (primary N) is 1. The van der Waals surface area contributed by atoms with Crippen molar-refractivity contribution in [1.29, 1.82) is 0 Å². The van der Waals surface area contributed by atoms with Crippen LogP contribution in [0.4, 0.5) is 10.5 Å². The van der Waals surface area contributed by atoms with Crippen molar-refractivity contribution in [2.45, 2.75) is 30.4 Å². The molecule has 142 valence electrons. The van der Waals surface area contributed by atoms with Crippen molar-refractivity contribution in [2.75, 3.05) is 17.7 Å². The Labute approximate surface area is 162 Å². The average molecular weight is 385 g/mol. The van der Waals surface area contributed by atoms with Gasteiger partial charge in [0.2, 0.25) is 0 Å². The van der Waals surface area contributed by atoms with Crippen LogP contribution in [0.5, 0.6) is 0 Å². The van der Waals surface area contributed by atoms with Crippen LogP contribution in [0, 0.1) is 0 Å². The van der Waals surface area contributed by atoms with E-state index in [0.717, 1.165) is 35.7 Å². The van der Waals surface area contributed by atoms with Gasteiger partial charge in [-0.1, -0.05) is 24.3 Å². The van der Waals surface area contributed by atoms with E-state index >= 15 is 0 Å². The van der Waals surface area contributed by atoms with E-state index in [1.165, 1.54) is 0 Å². The summed E-state index contributed by atoms with van der Waals surface area (Å²) in [5, 5.41) is 5.45. The molecular formula is C20H23N3O3S. The molecule has 2 aromatic rings. The number of primary amides is 1. The summed E-state index contributed by atoms with van der Waals surface area (Å²) in [6.07, 6.45) is 2.47. The van der Waals surface area contributed by atoms with Crippen LogP contribution in [0.3, 0.4) is 0 Å². The molecule has 1 fully saturated rings. The molecule has 0 bridgehead atoms. The predicted octanol–water partition coefficient (Wildman–Crippen LogP) is 3.38. The minimum atomic E-state index is -0.604. The maximum Gasteiger partial charge on any atom is 0.316 e. The Hall–Kier alpha value is -2.51. The largest absolute Gasteiger partial charge is 0.377 e. The third-order valence-electron chi connectivity index (χ3n) is 4.25. The third-order valence-corrected chi connectivity index (χ3v) is 5.46. The molecule has 0 radical (unpaired) electrons. The van der Waals surface area contributed by atoms with Gasteiger partial charge in [0.1, 0.15) is 0 Å². The summed E-state index contributed by atoms with van der Waals surface area (Å²) in [4.78, 5) is 24.4. The second kappa shape index (κ2) is 9.43. The van der Waals surface area contributed by atoms with E-state index in [0.29, 0.717) is 17.8 Å². The van der Waals surface area contributed by atoms with Crippen molar-refractivity contribution in [2.24, 2.45) is 5.73 Å². The minimum Gasteiger partial charge on any atom is -0.377 e. The Bertz CT molecular complexity index is 789. The van der Waals surface area contributed by atoms with E-state index in [1.54, 1.807) is 23.9 Å². The van der Waals surface area contributed by atoms with Crippen molar-refractivity contribution in [3.63, 3.8) is 0 Å². The van der Waals surface area contributed by atoms with Gasteiger partial charge in [0.15, 0.2) is 0 Å². The van der Waals surface area contributed by atoms with Crippen molar-refractivity contribution in [3.05, 3.63) is 59.7 Å². The number of anilines is 1. The summed E-state index contributed by atoms with van der Waals surface area (Å²) in [5.41, 5.74) is 7.31. The highest BCUT2D eigenvalue weighted by atomic mass is 32.2. The Balaban J connectivity index is 1.56. The molecule has 3 amide bonds. The zero-order valence-corrected chi connectivity index (χ0v) is 15.8. The molecule has 7 heteroatoms. The first-order chi connectivity index (χ1) is 13.1. The molecule has 1 atom stereocenters. The number of hydrogen-bond acceptors (Lipinski definition) is 4. The Morgan fingerprint density at radius 3 is 2.63 bits per heavy atom. The lowest BCUT2D eigenvalue weighted by atomic mass is 10.2. The molecule has 0 aromatic heterocycles. The highest BCUT2D eigenvalue weighted by Crippen LogP contribution is 2.26. The van der Waals surface area contributed by atoms with Gasteiger partial charge >= 0.3 is 6.03 Å². The van der Waals surface area contributed by atoms with Gasteiger partial charge in [-0.3, -0.25) is 4.79 Å². The first kappa shape index (κ1) is 19.3. The van der Waals surface area contributed by atoms with Crippen LogP contribution in [-0.2, 0) is 11.3 Å². The van der Waals surface area contributed by atoms with E-state index in [9.17, 15) is 9.59 Å². The van der Waals surface area contributed by atoms with Crippen molar-refractivity contribution < 1.29 is 14.3 Å². The number of nitrogens with one attached hydrogen (secondary N) is 2. The molecule has 2 aromatic carbocycles. The van der Waals surface area contributed by atoms with E-state index < -0.39 is 6.03 Å². The molecule has 1 aliphatic heterocycles. The molecule has 3 rings (SSSR count). The van der Waals surface area contributed by atoms with Crippen LogP contribution in [0.25, 0.3) is 0 Å². The lowest BCUT2D eigenvalue weighted by Crippen LogP contribution is -2.23. The van der Waals surface area contributed by atoms with Crippen LogP contribution >= 0.6 is 11.8 Å². The fraction of sp³-hybridized carbons (Fsp3) is 0.300. The zero-order valence-electron chi connectivity index (χ0n) is 14.9. The van der Waals surface area contributed by atoms with Gasteiger partial charge < -0.3 is 21.1 Å². The number of benzene rings is 2. The summed E-state index contributed by atoms with van der Waals surface area (Å²) in [6.45, 7) is 1.24. The maximum atomic E-state index is 12.6. The normalized spacial score (nSPS) is 16.1. The number of amides is 3. The molecule has 0 spiro atoms. The highest BCUT2D eigenvalue weighted by Gasteiger charge is 2.17. The summed E-state index contributed by atoms with van der Waals surface area (Å²) in [7, 11) is 0. The summed E-state index contributed by atoms with van der Waals surface area (Å²) in [6, 6.07) is 14.2. The molecule has 1 heterocycles. The summed E-state index contributed by atoms with van der Waals surface area (Å²) >= 11 is 1.66. The van der Waals surface area contributed by atoms with Crippen LogP contribution in [0.15, 0.2) is 53.4 Å². The van der Waals surface area contributed by atoms with Crippen LogP contribution < -0.4 is 16.4 Å². The van der Waals surface area contributed by atoms with Gasteiger partial charge in [0, 0.05) is 29.5 Å². The van der Waals surface area contributed by atoms with Crippen molar-refractivity contribution >= 4 is 29.4 Å². The minimum absolute atomic E-state index is 0.107. The molecule has 27 heavy (non-hydrogen) atoms. The quantitative estimate of drug-likeness (QED) is 0.637. The summed E-state index contributed by atoms with van der Waals surface area (Å²) < 4.78 is 5.66. The van der Waals surface area contributed by atoms with Crippen LogP contribution in [0.2, 0.25) is 0 Å². The highest BCUT2D eigenvalue weighted by molar-refractivity contribution is 7.99. The maximum absolute atomic E-state index is 12.6. The zero-order chi connectivity index (χ0) is 19.1. The molecular weight excluding hydrogens is 362 g/mol. The number of carbonyl (C=O) groups is 2. The number of ether oxygens (including phenoxy) is 1. The first-order valence-corrected chi connectivity index (χ1v) is 9.87. The van der Waals surface area contributed by atoms with Gasteiger partial charge in [-0.2, -0.15) is 0 Å². The number of hydrogen-bond donors (Lipinski definition) is 3. The fourth-order valence-corrected chi connectivity index (χ4v) is 3.98. The van der Waals surface area contributed by atoms with Gasteiger partial charge in [0.25, 0.3) is 5.91 Å². The molecule has 4 N–H and O–H groups in total. The summed E-state index contributed by atoms with van der Waals surface area (Å²) in [5.74, 6) is 0.753. The van der Waals surface area contributed by atoms with E-state index in [-0.39, 0.29) is 12.0 Å². The number of rotatable bonds is 7.